The Balaban J connectivity index is 2.00. The first-order valence-electron chi connectivity index (χ1n) is 7.52. The molecule has 0 N–H and O–H groups in total. The van der Waals surface area contributed by atoms with E-state index >= 15 is 0 Å². The van der Waals surface area contributed by atoms with Crippen LogP contribution in [0.25, 0.3) is 6.08 Å². The van der Waals surface area contributed by atoms with Crippen molar-refractivity contribution in [2.75, 3.05) is 6.61 Å². The van der Waals surface area contributed by atoms with Crippen molar-refractivity contribution in [3.63, 3.8) is 0 Å². The summed E-state index contributed by atoms with van der Waals surface area (Å²) in [6, 6.07) is 13.8. The highest BCUT2D eigenvalue weighted by atomic mass is 16.5. The van der Waals surface area contributed by atoms with Crippen LogP contribution in [-0.2, 0) is 4.79 Å². The van der Waals surface area contributed by atoms with Gasteiger partial charge in [0.1, 0.15) is 11.5 Å². The van der Waals surface area contributed by atoms with Crippen LogP contribution < -0.4 is 9.47 Å². The van der Waals surface area contributed by atoms with Crippen molar-refractivity contribution in [3.8, 4) is 11.5 Å². The van der Waals surface area contributed by atoms with Gasteiger partial charge in [-0.15, -0.1) is 0 Å². The minimum absolute atomic E-state index is 0.134. The molecule has 0 aliphatic carbocycles. The quantitative estimate of drug-likeness (QED) is 0.334. The standard InChI is InChI=1S/C20H18O4/c1-3-20(22)24-18-12-8-16(9-13-18)19(21)14-7-15-5-10-17(11-6-15)23-4-2/h3,5-14H,1,4H2,2H3. The average molecular weight is 322 g/mol. The predicted molar refractivity (Wildman–Crippen MR) is 93.2 cm³/mol. The number of ether oxygens (including phenoxy) is 2. The van der Waals surface area contributed by atoms with Crippen LogP contribution in [0.2, 0.25) is 0 Å². The summed E-state index contributed by atoms with van der Waals surface area (Å²) >= 11 is 0. The first-order valence-corrected chi connectivity index (χ1v) is 7.52. The molecule has 0 bridgehead atoms. The van der Waals surface area contributed by atoms with Gasteiger partial charge in [0.25, 0.3) is 0 Å². The third-order valence-electron chi connectivity index (χ3n) is 3.14. The summed E-state index contributed by atoms with van der Waals surface area (Å²) in [4.78, 5) is 23.2. The minimum atomic E-state index is -0.538. The number of rotatable bonds is 7. The maximum atomic E-state index is 12.1. The topological polar surface area (TPSA) is 52.6 Å². The molecular weight excluding hydrogens is 304 g/mol. The van der Waals surface area contributed by atoms with E-state index in [2.05, 4.69) is 6.58 Å². The maximum Gasteiger partial charge on any atom is 0.335 e. The molecule has 0 amide bonds. The molecule has 0 atom stereocenters. The fraction of sp³-hybridized carbons (Fsp3) is 0.100. The molecule has 0 aliphatic rings. The zero-order valence-corrected chi connectivity index (χ0v) is 13.4. The van der Waals surface area contributed by atoms with E-state index in [1.165, 1.54) is 6.08 Å². The Morgan fingerprint density at radius 1 is 1.00 bits per heavy atom. The Morgan fingerprint density at radius 3 is 2.21 bits per heavy atom. The number of ketones is 1. The first kappa shape index (κ1) is 17.2. The molecule has 0 saturated heterocycles. The van der Waals surface area contributed by atoms with Crippen LogP contribution in [0, 0.1) is 0 Å². The fourth-order valence-corrected chi connectivity index (χ4v) is 1.96. The van der Waals surface area contributed by atoms with E-state index in [-0.39, 0.29) is 5.78 Å². The third-order valence-corrected chi connectivity index (χ3v) is 3.14. The SMILES string of the molecule is C=CC(=O)Oc1ccc(C(=O)C=Cc2ccc(OCC)cc2)cc1. The van der Waals surface area contributed by atoms with Crippen LogP contribution in [0.5, 0.6) is 11.5 Å². The number of carbonyl (C=O) groups is 2. The van der Waals surface area contributed by atoms with Crippen LogP contribution in [0.15, 0.2) is 67.3 Å². The predicted octanol–water partition coefficient (Wildman–Crippen LogP) is 4.07. The van der Waals surface area contributed by atoms with E-state index in [0.717, 1.165) is 17.4 Å². The normalized spacial score (nSPS) is 10.4. The second-order valence-electron chi connectivity index (χ2n) is 4.85. The Hall–Kier alpha value is -3.14. The smallest absolute Gasteiger partial charge is 0.335 e. The van der Waals surface area contributed by atoms with E-state index < -0.39 is 5.97 Å². The number of hydrogen-bond acceptors (Lipinski definition) is 4. The first-order chi connectivity index (χ1) is 11.6. The van der Waals surface area contributed by atoms with Crippen LogP contribution in [0.3, 0.4) is 0 Å². The van der Waals surface area contributed by atoms with E-state index in [9.17, 15) is 9.59 Å². The summed E-state index contributed by atoms with van der Waals surface area (Å²) < 4.78 is 10.3. The van der Waals surface area contributed by atoms with E-state index in [1.54, 1.807) is 30.3 Å². The monoisotopic (exact) mass is 322 g/mol. The number of hydrogen-bond donors (Lipinski definition) is 0. The Bertz CT molecular complexity index is 740. The summed E-state index contributed by atoms with van der Waals surface area (Å²) in [6.07, 6.45) is 4.32. The van der Waals surface area contributed by atoms with Gasteiger partial charge in [0.2, 0.25) is 0 Å². The summed E-state index contributed by atoms with van der Waals surface area (Å²) in [5.74, 6) is 0.493. The Kier molecular flexibility index (Phi) is 6.08. The largest absolute Gasteiger partial charge is 0.494 e. The second-order valence-corrected chi connectivity index (χ2v) is 4.85. The van der Waals surface area contributed by atoms with Gasteiger partial charge >= 0.3 is 5.97 Å². The molecule has 0 saturated carbocycles. The molecule has 122 valence electrons. The van der Waals surface area contributed by atoms with Crippen LogP contribution in [0.1, 0.15) is 22.8 Å². The van der Waals surface area contributed by atoms with Gasteiger partial charge in [0, 0.05) is 11.6 Å². The number of esters is 1. The molecular formula is C20H18O4. The molecule has 0 aliphatic heterocycles. The van der Waals surface area contributed by atoms with Crippen molar-refractivity contribution in [3.05, 3.63) is 78.4 Å². The molecule has 0 aromatic heterocycles. The Morgan fingerprint density at radius 2 is 1.62 bits per heavy atom. The second kappa shape index (κ2) is 8.48. The number of benzene rings is 2. The lowest BCUT2D eigenvalue weighted by Crippen LogP contribution is -2.03. The van der Waals surface area contributed by atoms with Gasteiger partial charge in [-0.05, 0) is 55.0 Å². The summed E-state index contributed by atoms with van der Waals surface area (Å²) in [5, 5.41) is 0. The molecule has 2 rings (SSSR count). The van der Waals surface area contributed by atoms with Gasteiger partial charge in [0.15, 0.2) is 5.78 Å². The van der Waals surface area contributed by atoms with Gasteiger partial charge in [-0.1, -0.05) is 24.8 Å². The van der Waals surface area contributed by atoms with Crippen molar-refractivity contribution in [2.24, 2.45) is 0 Å². The zero-order chi connectivity index (χ0) is 17.4. The van der Waals surface area contributed by atoms with Crippen molar-refractivity contribution in [1.82, 2.24) is 0 Å². The highest BCUT2D eigenvalue weighted by Gasteiger charge is 2.04. The van der Waals surface area contributed by atoms with Gasteiger partial charge in [0.05, 0.1) is 6.61 Å². The van der Waals surface area contributed by atoms with Crippen molar-refractivity contribution >= 4 is 17.8 Å². The van der Waals surface area contributed by atoms with Crippen molar-refractivity contribution in [1.29, 1.82) is 0 Å². The van der Waals surface area contributed by atoms with Crippen molar-refractivity contribution in [2.45, 2.75) is 6.92 Å². The third kappa shape index (κ3) is 4.95. The average Bonchev–Trinajstić information content (AvgIpc) is 2.61. The molecule has 0 unspecified atom stereocenters. The molecule has 0 radical (unpaired) electrons. The molecule has 4 nitrogen and oxygen atoms in total. The molecule has 24 heavy (non-hydrogen) atoms. The summed E-state index contributed by atoms with van der Waals surface area (Å²) in [6.45, 7) is 5.87. The lowest BCUT2D eigenvalue weighted by Gasteiger charge is -2.03. The Labute approximate surface area is 141 Å². The van der Waals surface area contributed by atoms with Crippen LogP contribution in [-0.4, -0.2) is 18.4 Å². The minimum Gasteiger partial charge on any atom is -0.494 e. The number of allylic oxidation sites excluding steroid dienone is 1. The molecule has 4 heteroatoms. The summed E-state index contributed by atoms with van der Waals surface area (Å²) in [7, 11) is 0. The van der Waals surface area contributed by atoms with E-state index in [1.807, 2.05) is 31.2 Å². The lowest BCUT2D eigenvalue weighted by molar-refractivity contribution is -0.128. The zero-order valence-electron chi connectivity index (χ0n) is 13.4. The van der Waals surface area contributed by atoms with Gasteiger partial charge in [-0.3, -0.25) is 4.79 Å². The van der Waals surface area contributed by atoms with E-state index in [4.69, 9.17) is 9.47 Å². The highest BCUT2D eigenvalue weighted by molar-refractivity contribution is 6.06. The van der Waals surface area contributed by atoms with Crippen LogP contribution in [0.4, 0.5) is 0 Å². The van der Waals surface area contributed by atoms with Gasteiger partial charge < -0.3 is 9.47 Å². The highest BCUT2D eigenvalue weighted by Crippen LogP contribution is 2.15. The molecule has 0 spiro atoms. The van der Waals surface area contributed by atoms with Gasteiger partial charge in [-0.2, -0.15) is 0 Å². The van der Waals surface area contributed by atoms with Crippen LogP contribution >= 0.6 is 0 Å². The van der Waals surface area contributed by atoms with Crippen molar-refractivity contribution < 1.29 is 19.1 Å². The lowest BCUT2D eigenvalue weighted by atomic mass is 10.1. The summed E-state index contributed by atoms with van der Waals surface area (Å²) in [5.41, 5.74) is 1.42. The number of carbonyl (C=O) groups excluding carboxylic acids is 2. The van der Waals surface area contributed by atoms with E-state index in [0.29, 0.717) is 17.9 Å². The molecule has 0 heterocycles. The maximum absolute atomic E-state index is 12.1. The molecule has 2 aromatic rings. The molecule has 2 aromatic carbocycles. The van der Waals surface area contributed by atoms with Gasteiger partial charge in [-0.25, -0.2) is 4.79 Å². The fourth-order valence-electron chi connectivity index (χ4n) is 1.96. The molecule has 0 fully saturated rings.